The van der Waals surface area contributed by atoms with Gasteiger partial charge in [0.2, 0.25) is 0 Å². The summed E-state index contributed by atoms with van der Waals surface area (Å²) in [6.45, 7) is 4.31. The number of rotatable bonds is 5. The van der Waals surface area contributed by atoms with E-state index in [1.807, 2.05) is 18.2 Å². The Kier molecular flexibility index (Phi) is 5.42. The number of fused-ring (bicyclic) bond motifs is 1. The van der Waals surface area contributed by atoms with Crippen LogP contribution >= 0.6 is 11.6 Å². The number of halogens is 1. The molecule has 0 spiro atoms. The fourth-order valence-electron chi connectivity index (χ4n) is 3.16. The van der Waals surface area contributed by atoms with Gasteiger partial charge in [0, 0.05) is 10.7 Å². The lowest BCUT2D eigenvalue weighted by atomic mass is 10.0. The molecule has 0 fully saturated rings. The van der Waals surface area contributed by atoms with Gasteiger partial charge in [-0.15, -0.1) is 10.2 Å². The lowest BCUT2D eigenvalue weighted by Gasteiger charge is -2.09. The first-order valence-corrected chi connectivity index (χ1v) is 9.95. The van der Waals surface area contributed by atoms with Crippen molar-refractivity contribution >= 4 is 34.2 Å². The third-order valence-electron chi connectivity index (χ3n) is 4.84. The summed E-state index contributed by atoms with van der Waals surface area (Å²) < 4.78 is 5.26. The van der Waals surface area contributed by atoms with Crippen molar-refractivity contribution in [1.29, 1.82) is 0 Å². The van der Waals surface area contributed by atoms with Crippen LogP contribution in [0.1, 0.15) is 35.7 Å². The molecule has 1 aromatic heterocycles. The van der Waals surface area contributed by atoms with E-state index in [1.165, 1.54) is 12.7 Å². The Morgan fingerprint density at radius 2 is 1.73 bits per heavy atom. The molecule has 4 aromatic rings. The minimum atomic E-state index is -0.314. The largest absolute Gasteiger partial charge is 0.496 e. The van der Waals surface area contributed by atoms with Gasteiger partial charge >= 0.3 is 0 Å². The van der Waals surface area contributed by atoms with Crippen LogP contribution < -0.4 is 10.1 Å². The minimum absolute atomic E-state index is 0.314. The number of nitrogens with zero attached hydrogens (tertiary/aromatic N) is 3. The van der Waals surface area contributed by atoms with Gasteiger partial charge in [-0.2, -0.15) is 4.80 Å². The van der Waals surface area contributed by atoms with Crippen molar-refractivity contribution in [3.05, 3.63) is 76.8 Å². The summed E-state index contributed by atoms with van der Waals surface area (Å²) in [6.07, 6.45) is 0. The van der Waals surface area contributed by atoms with Crippen LogP contribution in [0.15, 0.2) is 60.7 Å². The molecule has 7 heteroatoms. The number of hydrogen-bond donors (Lipinski definition) is 1. The number of aromatic nitrogens is 3. The SMILES string of the molecule is COc1ccc(Cl)cc1C(=O)Nc1ccc2nn(-c3ccc(C(C)C)cc3)nc2c1. The summed E-state index contributed by atoms with van der Waals surface area (Å²) in [5, 5.41) is 12.4. The number of carbonyl (C=O) groups excluding carboxylic acids is 1. The maximum absolute atomic E-state index is 12.7. The van der Waals surface area contributed by atoms with Gasteiger partial charge < -0.3 is 10.1 Å². The summed E-state index contributed by atoms with van der Waals surface area (Å²) >= 11 is 6.03. The normalized spacial score (nSPS) is 11.1. The number of hydrogen-bond acceptors (Lipinski definition) is 4. The molecule has 0 aliphatic rings. The van der Waals surface area contributed by atoms with Crippen molar-refractivity contribution in [2.75, 3.05) is 12.4 Å². The highest BCUT2D eigenvalue weighted by atomic mass is 35.5. The van der Waals surface area contributed by atoms with Gasteiger partial charge in [0.1, 0.15) is 16.8 Å². The van der Waals surface area contributed by atoms with Gasteiger partial charge in [-0.05, 0) is 60.0 Å². The zero-order valence-electron chi connectivity index (χ0n) is 16.9. The number of carbonyl (C=O) groups is 1. The van der Waals surface area contributed by atoms with E-state index in [4.69, 9.17) is 16.3 Å². The van der Waals surface area contributed by atoms with E-state index in [0.717, 1.165) is 11.2 Å². The summed E-state index contributed by atoms with van der Waals surface area (Å²) in [4.78, 5) is 14.3. The maximum atomic E-state index is 12.7. The summed E-state index contributed by atoms with van der Waals surface area (Å²) in [6, 6.07) is 18.5. The topological polar surface area (TPSA) is 69.0 Å². The first kappa shape index (κ1) is 19.9. The van der Waals surface area contributed by atoms with Crippen LogP contribution in [0.25, 0.3) is 16.7 Å². The molecule has 0 aliphatic carbocycles. The average Bonchev–Trinajstić information content (AvgIpc) is 3.17. The Balaban J connectivity index is 1.60. The molecule has 1 heterocycles. The third-order valence-corrected chi connectivity index (χ3v) is 5.07. The highest BCUT2D eigenvalue weighted by Crippen LogP contribution is 2.25. The smallest absolute Gasteiger partial charge is 0.259 e. The number of amides is 1. The Bertz CT molecular complexity index is 1220. The second kappa shape index (κ2) is 8.16. The van der Waals surface area contributed by atoms with Crippen LogP contribution in [0, 0.1) is 0 Å². The van der Waals surface area contributed by atoms with E-state index in [2.05, 4.69) is 41.5 Å². The lowest BCUT2D eigenvalue weighted by Crippen LogP contribution is -2.13. The minimum Gasteiger partial charge on any atom is -0.496 e. The van der Waals surface area contributed by atoms with Gasteiger partial charge in [0.25, 0.3) is 5.91 Å². The molecule has 0 unspecified atom stereocenters. The fourth-order valence-corrected chi connectivity index (χ4v) is 3.33. The van der Waals surface area contributed by atoms with Crippen LogP contribution in [0.4, 0.5) is 5.69 Å². The number of nitrogens with one attached hydrogen (secondary N) is 1. The molecular formula is C23H21ClN4O2. The van der Waals surface area contributed by atoms with Gasteiger partial charge in [-0.1, -0.05) is 37.6 Å². The molecule has 3 aromatic carbocycles. The predicted octanol–water partition coefficient (Wildman–Crippen LogP) is 5.46. The van der Waals surface area contributed by atoms with Crippen molar-refractivity contribution in [3.8, 4) is 11.4 Å². The summed E-state index contributed by atoms with van der Waals surface area (Å²) in [5.74, 6) is 0.604. The number of methoxy groups -OCH3 is 1. The van der Waals surface area contributed by atoms with E-state index in [-0.39, 0.29) is 5.91 Å². The molecule has 6 nitrogen and oxygen atoms in total. The van der Waals surface area contributed by atoms with Gasteiger partial charge in [0.15, 0.2) is 0 Å². The third kappa shape index (κ3) is 4.00. The highest BCUT2D eigenvalue weighted by molar-refractivity contribution is 6.31. The first-order valence-electron chi connectivity index (χ1n) is 9.57. The zero-order valence-corrected chi connectivity index (χ0v) is 17.6. The maximum Gasteiger partial charge on any atom is 0.259 e. The highest BCUT2D eigenvalue weighted by Gasteiger charge is 2.14. The van der Waals surface area contributed by atoms with Crippen molar-refractivity contribution < 1.29 is 9.53 Å². The molecule has 1 N–H and O–H groups in total. The molecule has 0 bridgehead atoms. The molecule has 1 amide bonds. The second-order valence-corrected chi connectivity index (χ2v) is 7.67. The van der Waals surface area contributed by atoms with E-state index < -0.39 is 0 Å². The fraction of sp³-hybridized carbons (Fsp3) is 0.174. The lowest BCUT2D eigenvalue weighted by molar-refractivity contribution is 0.102. The van der Waals surface area contributed by atoms with Crippen molar-refractivity contribution in [2.24, 2.45) is 0 Å². The van der Waals surface area contributed by atoms with Gasteiger partial charge in [0.05, 0.1) is 18.4 Å². The van der Waals surface area contributed by atoms with Crippen molar-refractivity contribution in [3.63, 3.8) is 0 Å². The van der Waals surface area contributed by atoms with Crippen LogP contribution in [0.2, 0.25) is 5.02 Å². The number of benzene rings is 3. The van der Waals surface area contributed by atoms with Crippen molar-refractivity contribution in [1.82, 2.24) is 15.0 Å². The van der Waals surface area contributed by atoms with Crippen LogP contribution in [0.5, 0.6) is 5.75 Å². The predicted molar refractivity (Wildman–Crippen MR) is 119 cm³/mol. The molecule has 152 valence electrons. The second-order valence-electron chi connectivity index (χ2n) is 7.24. The van der Waals surface area contributed by atoms with Crippen molar-refractivity contribution in [2.45, 2.75) is 19.8 Å². The summed E-state index contributed by atoms with van der Waals surface area (Å²) in [7, 11) is 1.51. The standard InChI is InChI=1S/C23H21ClN4O2/c1-14(2)15-4-8-18(9-5-15)28-26-20-10-7-17(13-21(20)27-28)25-23(29)19-12-16(24)6-11-22(19)30-3/h4-14H,1-3H3,(H,25,29). The molecular weight excluding hydrogens is 400 g/mol. The zero-order chi connectivity index (χ0) is 21.3. The Hall–Kier alpha value is -3.38. The Morgan fingerprint density at radius 1 is 1.00 bits per heavy atom. The summed E-state index contributed by atoms with van der Waals surface area (Å²) in [5.41, 5.74) is 4.53. The van der Waals surface area contributed by atoms with Crippen LogP contribution in [0.3, 0.4) is 0 Å². The van der Waals surface area contributed by atoms with E-state index in [9.17, 15) is 4.79 Å². The number of anilines is 1. The molecule has 0 saturated carbocycles. The Morgan fingerprint density at radius 3 is 2.43 bits per heavy atom. The van der Waals surface area contributed by atoms with Crippen LogP contribution in [-0.4, -0.2) is 28.0 Å². The quantitative estimate of drug-likeness (QED) is 0.465. The van der Waals surface area contributed by atoms with Crippen LogP contribution in [-0.2, 0) is 0 Å². The molecule has 0 saturated heterocycles. The van der Waals surface area contributed by atoms with Gasteiger partial charge in [-0.25, -0.2) is 0 Å². The van der Waals surface area contributed by atoms with E-state index in [1.54, 1.807) is 35.1 Å². The molecule has 4 rings (SSSR count). The number of ether oxygens (including phenoxy) is 1. The molecule has 30 heavy (non-hydrogen) atoms. The molecule has 0 radical (unpaired) electrons. The van der Waals surface area contributed by atoms with E-state index >= 15 is 0 Å². The monoisotopic (exact) mass is 420 g/mol. The molecule has 0 atom stereocenters. The van der Waals surface area contributed by atoms with Gasteiger partial charge in [-0.3, -0.25) is 4.79 Å². The Labute approximate surface area is 179 Å². The average molecular weight is 421 g/mol. The molecule has 0 aliphatic heterocycles. The first-order chi connectivity index (χ1) is 14.4. The van der Waals surface area contributed by atoms with E-state index in [0.29, 0.717) is 33.5 Å².